The smallest absolute Gasteiger partial charge is 0.137 e. The summed E-state index contributed by atoms with van der Waals surface area (Å²) in [6, 6.07) is 16.4. The Morgan fingerprint density at radius 1 is 0.682 bits per heavy atom. The summed E-state index contributed by atoms with van der Waals surface area (Å²) in [6.07, 6.45) is 0. The van der Waals surface area contributed by atoms with Crippen molar-refractivity contribution in [2.24, 2.45) is 0 Å². The molecule has 0 N–H and O–H groups in total. The topological polar surface area (TPSA) is 26.3 Å². The molecule has 0 saturated heterocycles. The van der Waals surface area contributed by atoms with Gasteiger partial charge in [0.25, 0.3) is 0 Å². The maximum atomic E-state index is 5.50. The number of furan rings is 2. The molecule has 0 aliphatic heterocycles. The van der Waals surface area contributed by atoms with Gasteiger partial charge in [0.05, 0.1) is 0 Å². The first-order chi connectivity index (χ1) is 10.5. The van der Waals surface area contributed by atoms with E-state index in [0.717, 1.165) is 22.7 Å². The molecule has 0 aliphatic rings. The van der Waals surface area contributed by atoms with Gasteiger partial charge in [-0.15, -0.1) is 0 Å². The first kappa shape index (κ1) is 14.5. The van der Waals surface area contributed by atoms with E-state index in [1.807, 2.05) is 32.0 Å². The van der Waals surface area contributed by atoms with E-state index in [1.165, 1.54) is 21.9 Å². The zero-order valence-electron chi connectivity index (χ0n) is 13.4. The van der Waals surface area contributed by atoms with Crippen molar-refractivity contribution in [2.75, 3.05) is 0 Å². The maximum absolute atomic E-state index is 5.50. The van der Waals surface area contributed by atoms with E-state index in [9.17, 15) is 0 Å². The molecule has 0 unspecified atom stereocenters. The van der Waals surface area contributed by atoms with Gasteiger partial charge >= 0.3 is 0 Å². The summed E-state index contributed by atoms with van der Waals surface area (Å²) in [5.41, 5.74) is 4.49. The summed E-state index contributed by atoms with van der Waals surface area (Å²) in [6.45, 7) is 8.10. The predicted octanol–water partition coefficient (Wildman–Crippen LogP) is 6.10. The van der Waals surface area contributed by atoms with Gasteiger partial charge in [-0.2, -0.15) is 0 Å². The van der Waals surface area contributed by atoms with Gasteiger partial charge in [0.15, 0.2) is 0 Å². The molecule has 112 valence electrons. The van der Waals surface area contributed by atoms with Gasteiger partial charge in [-0.05, 0) is 57.0 Å². The lowest BCUT2D eigenvalue weighted by atomic mass is 10.1. The van der Waals surface area contributed by atoms with Crippen molar-refractivity contribution in [3.05, 3.63) is 71.2 Å². The number of aryl methyl sites for hydroxylation is 4. The molecule has 4 aromatic rings. The van der Waals surface area contributed by atoms with Crippen molar-refractivity contribution in [3.8, 4) is 0 Å². The summed E-state index contributed by atoms with van der Waals surface area (Å²) >= 11 is 0. The zero-order valence-corrected chi connectivity index (χ0v) is 13.4. The number of rotatable bonds is 0. The van der Waals surface area contributed by atoms with Gasteiger partial charge in [0.2, 0.25) is 0 Å². The van der Waals surface area contributed by atoms with Crippen LogP contribution in [0.4, 0.5) is 0 Å². The third-order valence-electron chi connectivity index (χ3n) is 3.77. The first-order valence-corrected chi connectivity index (χ1v) is 7.46. The Hall–Kier alpha value is -2.48. The van der Waals surface area contributed by atoms with Crippen LogP contribution in [0.5, 0.6) is 0 Å². The summed E-state index contributed by atoms with van der Waals surface area (Å²) in [5.74, 6) is 1.96. The summed E-state index contributed by atoms with van der Waals surface area (Å²) in [5, 5.41) is 2.42. The van der Waals surface area contributed by atoms with Crippen LogP contribution in [0.25, 0.3) is 21.9 Å². The highest BCUT2D eigenvalue weighted by atomic mass is 16.3. The predicted molar refractivity (Wildman–Crippen MR) is 91.4 cm³/mol. The lowest BCUT2D eigenvalue weighted by Crippen LogP contribution is -1.69. The Morgan fingerprint density at radius 3 is 2.09 bits per heavy atom. The van der Waals surface area contributed by atoms with E-state index in [0.29, 0.717) is 0 Å². The lowest BCUT2D eigenvalue weighted by molar-refractivity contribution is 0.576. The fourth-order valence-electron chi connectivity index (χ4n) is 2.67. The summed E-state index contributed by atoms with van der Waals surface area (Å²) in [4.78, 5) is 0. The molecule has 2 nitrogen and oxygen atoms in total. The average molecular weight is 292 g/mol. The highest BCUT2D eigenvalue weighted by molar-refractivity contribution is 5.81. The molecular formula is C20H20O2. The van der Waals surface area contributed by atoms with Crippen molar-refractivity contribution >= 4 is 21.9 Å². The van der Waals surface area contributed by atoms with Crippen LogP contribution < -0.4 is 0 Å². The van der Waals surface area contributed by atoms with E-state index in [4.69, 9.17) is 8.83 Å². The fourth-order valence-corrected chi connectivity index (χ4v) is 2.67. The van der Waals surface area contributed by atoms with E-state index in [2.05, 4.69) is 44.2 Å². The van der Waals surface area contributed by atoms with E-state index in [1.54, 1.807) is 0 Å². The molecule has 2 heterocycles. The molecule has 0 atom stereocenters. The standard InChI is InChI=1S/2C10H10O/c1-7-4-3-5-10-9(7)6-8(2)11-10;1-7-4-3-5-9-6-8(2)11-10(7)9/h2*3-6H,1-2H3. The number of benzene rings is 2. The average Bonchev–Trinajstić information content (AvgIpc) is 3.03. The maximum Gasteiger partial charge on any atom is 0.137 e. The van der Waals surface area contributed by atoms with Crippen LogP contribution in [0.1, 0.15) is 22.6 Å². The van der Waals surface area contributed by atoms with Gasteiger partial charge in [-0.1, -0.05) is 30.3 Å². The molecule has 2 aromatic carbocycles. The molecule has 0 amide bonds. The van der Waals surface area contributed by atoms with Gasteiger partial charge in [-0.25, -0.2) is 0 Å². The second kappa shape index (κ2) is 5.72. The molecule has 0 saturated carbocycles. The molecular weight excluding hydrogens is 272 g/mol. The minimum atomic E-state index is 0.981. The van der Waals surface area contributed by atoms with Crippen LogP contribution in [-0.2, 0) is 0 Å². The molecule has 2 aromatic heterocycles. The zero-order chi connectivity index (χ0) is 15.7. The Kier molecular flexibility index (Phi) is 3.76. The third-order valence-corrected chi connectivity index (χ3v) is 3.77. The van der Waals surface area contributed by atoms with Crippen LogP contribution in [0.15, 0.2) is 57.4 Å². The highest BCUT2D eigenvalue weighted by Crippen LogP contribution is 2.22. The normalized spacial score (nSPS) is 10.7. The van der Waals surface area contributed by atoms with Crippen LogP contribution >= 0.6 is 0 Å². The molecule has 0 spiro atoms. The molecule has 4 rings (SSSR count). The quantitative estimate of drug-likeness (QED) is 0.391. The molecule has 22 heavy (non-hydrogen) atoms. The second-order valence-electron chi connectivity index (χ2n) is 5.69. The molecule has 2 heteroatoms. The lowest BCUT2D eigenvalue weighted by Gasteiger charge is -1.90. The van der Waals surface area contributed by atoms with Crippen LogP contribution in [-0.4, -0.2) is 0 Å². The monoisotopic (exact) mass is 292 g/mol. The number of fused-ring (bicyclic) bond motifs is 2. The fraction of sp³-hybridized carbons (Fsp3) is 0.200. The highest BCUT2D eigenvalue weighted by Gasteiger charge is 2.01. The van der Waals surface area contributed by atoms with Crippen molar-refractivity contribution in [1.82, 2.24) is 0 Å². The van der Waals surface area contributed by atoms with Gasteiger partial charge < -0.3 is 8.83 Å². The molecule has 0 aliphatic carbocycles. The number of hydrogen-bond acceptors (Lipinski definition) is 2. The summed E-state index contributed by atoms with van der Waals surface area (Å²) in [7, 11) is 0. The van der Waals surface area contributed by atoms with Gasteiger partial charge in [-0.3, -0.25) is 0 Å². The third kappa shape index (κ3) is 2.77. The second-order valence-corrected chi connectivity index (χ2v) is 5.69. The van der Waals surface area contributed by atoms with Crippen molar-refractivity contribution in [3.63, 3.8) is 0 Å². The Morgan fingerprint density at radius 2 is 1.36 bits per heavy atom. The number of hydrogen-bond donors (Lipinski definition) is 0. The molecule has 0 fully saturated rings. The van der Waals surface area contributed by atoms with Crippen LogP contribution in [0.3, 0.4) is 0 Å². The Balaban J connectivity index is 0.000000131. The van der Waals surface area contributed by atoms with Crippen molar-refractivity contribution in [2.45, 2.75) is 27.7 Å². The SMILES string of the molecule is Cc1cc2c(C)cccc2o1.Cc1cc2cccc(C)c2o1. The Labute approximate surface area is 130 Å². The van der Waals surface area contributed by atoms with E-state index < -0.39 is 0 Å². The van der Waals surface area contributed by atoms with Crippen molar-refractivity contribution in [1.29, 1.82) is 0 Å². The van der Waals surface area contributed by atoms with Crippen LogP contribution in [0.2, 0.25) is 0 Å². The largest absolute Gasteiger partial charge is 0.461 e. The molecule has 0 radical (unpaired) electrons. The van der Waals surface area contributed by atoms with E-state index >= 15 is 0 Å². The minimum absolute atomic E-state index is 0.981. The minimum Gasteiger partial charge on any atom is -0.461 e. The van der Waals surface area contributed by atoms with Crippen LogP contribution in [0, 0.1) is 27.7 Å². The number of para-hydroxylation sites is 1. The summed E-state index contributed by atoms with van der Waals surface area (Å²) < 4.78 is 10.9. The van der Waals surface area contributed by atoms with E-state index in [-0.39, 0.29) is 0 Å². The molecule has 0 bridgehead atoms. The van der Waals surface area contributed by atoms with Gasteiger partial charge in [0, 0.05) is 10.8 Å². The Bertz CT molecular complexity index is 847. The van der Waals surface area contributed by atoms with Crippen molar-refractivity contribution < 1.29 is 8.83 Å². The van der Waals surface area contributed by atoms with Gasteiger partial charge in [0.1, 0.15) is 22.7 Å². The first-order valence-electron chi connectivity index (χ1n) is 7.46.